The van der Waals surface area contributed by atoms with E-state index < -0.39 is 7.82 Å². The summed E-state index contributed by atoms with van der Waals surface area (Å²) in [5, 5.41) is 9.45. The molecule has 16 heavy (non-hydrogen) atoms. The van der Waals surface area contributed by atoms with Crippen LogP contribution in [-0.4, -0.2) is 19.8 Å². The number of phosphoric acid groups is 1. The molecule has 0 amide bonds. The Balaban J connectivity index is 0.000000385. The second-order valence-electron chi connectivity index (χ2n) is 4.28. The van der Waals surface area contributed by atoms with E-state index >= 15 is 0 Å². The lowest BCUT2D eigenvalue weighted by atomic mass is 9.86. The molecule has 5 nitrogen and oxygen atoms in total. The number of hydrogen-bond acceptors (Lipinski definition) is 2. The summed E-state index contributed by atoms with van der Waals surface area (Å²) in [4.78, 5) is 21.6. The average Bonchev–Trinajstić information content (AvgIpc) is 1.99. The van der Waals surface area contributed by atoms with E-state index in [9.17, 15) is 5.11 Å². The lowest BCUT2D eigenvalue weighted by molar-refractivity contribution is 0.275. The van der Waals surface area contributed by atoms with Crippen molar-refractivity contribution in [1.29, 1.82) is 0 Å². The van der Waals surface area contributed by atoms with Gasteiger partial charge < -0.3 is 19.8 Å². The Labute approximate surface area is 94.6 Å². The number of hydrogen-bond donors (Lipinski definition) is 4. The maximum Gasteiger partial charge on any atom is 0.466 e. The molecular formula is C10H17O5P. The van der Waals surface area contributed by atoms with Gasteiger partial charge in [0, 0.05) is 0 Å². The Bertz CT molecular complexity index is 369. The van der Waals surface area contributed by atoms with E-state index in [0.29, 0.717) is 5.75 Å². The van der Waals surface area contributed by atoms with E-state index in [2.05, 4.69) is 20.8 Å². The van der Waals surface area contributed by atoms with Crippen LogP contribution in [0.4, 0.5) is 0 Å². The van der Waals surface area contributed by atoms with E-state index in [1.165, 1.54) is 0 Å². The van der Waals surface area contributed by atoms with Crippen LogP contribution in [0.3, 0.4) is 0 Å². The van der Waals surface area contributed by atoms with Gasteiger partial charge in [-0.25, -0.2) is 4.57 Å². The summed E-state index contributed by atoms with van der Waals surface area (Å²) in [7, 11) is -4.64. The summed E-state index contributed by atoms with van der Waals surface area (Å²) in [6, 6.07) is 7.46. The quantitative estimate of drug-likeness (QED) is 0.524. The van der Waals surface area contributed by atoms with Gasteiger partial charge in [0.1, 0.15) is 5.75 Å². The average molecular weight is 248 g/mol. The molecule has 0 aromatic heterocycles. The third kappa shape index (κ3) is 7.43. The van der Waals surface area contributed by atoms with Crippen molar-refractivity contribution in [3.8, 4) is 5.75 Å². The largest absolute Gasteiger partial charge is 0.508 e. The van der Waals surface area contributed by atoms with Gasteiger partial charge in [0.15, 0.2) is 0 Å². The van der Waals surface area contributed by atoms with Gasteiger partial charge in [-0.1, -0.05) is 39.0 Å². The molecule has 0 spiro atoms. The van der Waals surface area contributed by atoms with Gasteiger partial charge in [-0.05, 0) is 17.0 Å². The zero-order valence-corrected chi connectivity index (χ0v) is 10.3. The predicted octanol–water partition coefficient (Wildman–Crippen LogP) is 1.76. The Morgan fingerprint density at radius 2 is 1.44 bits per heavy atom. The Morgan fingerprint density at radius 3 is 1.69 bits per heavy atom. The predicted molar refractivity (Wildman–Crippen MR) is 61.1 cm³/mol. The number of rotatable bonds is 0. The molecule has 6 heteroatoms. The van der Waals surface area contributed by atoms with Crippen LogP contribution in [0.15, 0.2) is 24.3 Å². The smallest absolute Gasteiger partial charge is 0.466 e. The van der Waals surface area contributed by atoms with Gasteiger partial charge in [0.05, 0.1) is 0 Å². The van der Waals surface area contributed by atoms with Gasteiger partial charge in [0.25, 0.3) is 0 Å². The van der Waals surface area contributed by atoms with Crippen LogP contribution in [0, 0.1) is 0 Å². The molecule has 1 aromatic carbocycles. The lowest BCUT2D eigenvalue weighted by Gasteiger charge is -2.19. The summed E-state index contributed by atoms with van der Waals surface area (Å²) >= 11 is 0. The number of phenolic OH excluding ortho intramolecular Hbond substituents is 1. The molecule has 0 aliphatic heterocycles. The van der Waals surface area contributed by atoms with Gasteiger partial charge >= 0.3 is 7.82 Å². The molecule has 1 rings (SSSR count). The summed E-state index contributed by atoms with van der Waals surface area (Å²) in [6.45, 7) is 6.26. The first-order chi connectivity index (χ1) is 7.02. The van der Waals surface area contributed by atoms with Gasteiger partial charge in [-0.15, -0.1) is 0 Å². The topological polar surface area (TPSA) is 98.0 Å². The van der Waals surface area contributed by atoms with Crippen molar-refractivity contribution < 1.29 is 24.4 Å². The van der Waals surface area contributed by atoms with Gasteiger partial charge in [-0.2, -0.15) is 0 Å². The monoisotopic (exact) mass is 248 g/mol. The van der Waals surface area contributed by atoms with Crippen molar-refractivity contribution in [2.24, 2.45) is 0 Å². The maximum absolute atomic E-state index is 9.45. The Kier molecular flexibility index (Phi) is 5.16. The highest BCUT2D eigenvalue weighted by Gasteiger charge is 2.16. The highest BCUT2D eigenvalue weighted by atomic mass is 31.2. The summed E-state index contributed by atoms with van der Waals surface area (Å²) in [5.74, 6) is 0.389. The molecule has 0 radical (unpaired) electrons. The fraction of sp³-hybridized carbons (Fsp3) is 0.400. The second-order valence-corrected chi connectivity index (χ2v) is 5.31. The van der Waals surface area contributed by atoms with Crippen LogP contribution in [0.2, 0.25) is 0 Å². The molecular weight excluding hydrogens is 231 g/mol. The van der Waals surface area contributed by atoms with Gasteiger partial charge in [0.2, 0.25) is 0 Å². The highest BCUT2D eigenvalue weighted by molar-refractivity contribution is 7.45. The zero-order valence-electron chi connectivity index (χ0n) is 9.45. The zero-order chi connectivity index (χ0) is 13.0. The number of phenols is 1. The van der Waals surface area contributed by atoms with Crippen molar-refractivity contribution in [2.45, 2.75) is 26.2 Å². The van der Waals surface area contributed by atoms with Gasteiger partial charge in [-0.3, -0.25) is 0 Å². The third-order valence-corrected chi connectivity index (χ3v) is 1.71. The van der Waals surface area contributed by atoms with E-state index in [1.54, 1.807) is 6.07 Å². The normalized spacial score (nSPS) is 11.6. The molecule has 0 atom stereocenters. The van der Waals surface area contributed by atoms with Crippen LogP contribution in [-0.2, 0) is 9.98 Å². The lowest BCUT2D eigenvalue weighted by Crippen LogP contribution is -2.10. The molecule has 1 aromatic rings. The molecule has 0 unspecified atom stereocenters. The number of para-hydroxylation sites is 1. The summed E-state index contributed by atoms with van der Waals surface area (Å²) < 4.78 is 8.88. The molecule has 4 N–H and O–H groups in total. The molecule has 0 aliphatic carbocycles. The van der Waals surface area contributed by atoms with Crippen LogP contribution >= 0.6 is 7.82 Å². The highest BCUT2D eigenvalue weighted by Crippen LogP contribution is 2.29. The van der Waals surface area contributed by atoms with Crippen LogP contribution in [0.5, 0.6) is 5.75 Å². The number of aromatic hydroxyl groups is 1. The summed E-state index contributed by atoms with van der Waals surface area (Å²) in [5.41, 5.74) is 1.03. The molecule has 0 bridgehead atoms. The fourth-order valence-corrected chi connectivity index (χ4v) is 1.11. The molecule has 92 valence electrons. The minimum atomic E-state index is -4.64. The Hall–Kier alpha value is -0.870. The van der Waals surface area contributed by atoms with Crippen molar-refractivity contribution >= 4 is 7.82 Å². The van der Waals surface area contributed by atoms with E-state index in [1.807, 2.05) is 18.2 Å². The van der Waals surface area contributed by atoms with Crippen LogP contribution in [0.1, 0.15) is 26.3 Å². The molecule has 0 saturated carbocycles. The molecule has 0 aliphatic rings. The first-order valence-corrected chi connectivity index (χ1v) is 6.15. The van der Waals surface area contributed by atoms with Crippen LogP contribution < -0.4 is 0 Å². The van der Waals surface area contributed by atoms with Crippen molar-refractivity contribution in [3.05, 3.63) is 29.8 Å². The van der Waals surface area contributed by atoms with Crippen molar-refractivity contribution in [1.82, 2.24) is 0 Å². The fourth-order valence-electron chi connectivity index (χ4n) is 1.11. The van der Waals surface area contributed by atoms with Crippen molar-refractivity contribution in [3.63, 3.8) is 0 Å². The molecule has 0 saturated heterocycles. The van der Waals surface area contributed by atoms with E-state index in [-0.39, 0.29) is 5.41 Å². The minimum Gasteiger partial charge on any atom is -0.508 e. The summed E-state index contributed by atoms with van der Waals surface area (Å²) in [6.07, 6.45) is 0. The first kappa shape index (κ1) is 15.1. The molecule has 0 fully saturated rings. The molecule has 0 heterocycles. The Morgan fingerprint density at radius 1 is 1.06 bits per heavy atom. The maximum atomic E-state index is 9.45. The SMILES string of the molecule is CC(C)(C)c1ccccc1O.O=P(O)(O)O. The number of benzene rings is 1. The standard InChI is InChI=1S/C10H14O.H3O4P/c1-10(2,3)8-6-4-5-7-9(8)11;1-5(2,3)4/h4-7,11H,1-3H3;(H3,1,2,3,4). The van der Waals surface area contributed by atoms with E-state index in [0.717, 1.165) is 5.56 Å². The van der Waals surface area contributed by atoms with Crippen LogP contribution in [0.25, 0.3) is 0 Å². The third-order valence-electron chi connectivity index (χ3n) is 1.71. The van der Waals surface area contributed by atoms with Crippen molar-refractivity contribution in [2.75, 3.05) is 0 Å². The second kappa shape index (κ2) is 5.46. The van der Waals surface area contributed by atoms with E-state index in [4.69, 9.17) is 19.2 Å². The first-order valence-electron chi connectivity index (χ1n) is 4.58. The minimum absolute atomic E-state index is 0.0331.